The number of nitrogens with zero attached hydrogens (tertiary/aromatic N) is 3. The molecule has 20 heavy (non-hydrogen) atoms. The molecule has 3 rings (SSSR count). The molecule has 0 amide bonds. The molecule has 0 spiro atoms. The number of hydrogen-bond acceptors (Lipinski definition) is 7. The van der Waals surface area contributed by atoms with Crippen molar-refractivity contribution in [1.82, 2.24) is 9.97 Å². The fraction of sp³-hybridized carbons (Fsp3) is 0. The van der Waals surface area contributed by atoms with Gasteiger partial charge in [-0.15, -0.1) is 0 Å². The Kier molecular flexibility index (Phi) is 2.99. The molecule has 2 aromatic heterocycles. The highest BCUT2D eigenvalue weighted by atomic mass is 32.2. The molecular formula is C12H8N4O3S. The van der Waals surface area contributed by atoms with Gasteiger partial charge < -0.3 is 10.2 Å². The Hall–Kier alpha value is -2.61. The lowest BCUT2D eigenvalue weighted by atomic mass is 10.3. The van der Waals surface area contributed by atoms with Crippen LogP contribution < -0.4 is 5.73 Å². The van der Waals surface area contributed by atoms with Gasteiger partial charge in [0.25, 0.3) is 5.22 Å². The Morgan fingerprint density at radius 1 is 1.20 bits per heavy atom. The van der Waals surface area contributed by atoms with Crippen LogP contribution in [0.5, 0.6) is 0 Å². The Balaban J connectivity index is 2.01. The molecule has 0 atom stereocenters. The van der Waals surface area contributed by atoms with Crippen LogP contribution in [0.1, 0.15) is 0 Å². The minimum atomic E-state index is -0.516. The fourth-order valence-corrected chi connectivity index (χ4v) is 2.48. The summed E-state index contributed by atoms with van der Waals surface area (Å²) < 4.78 is 5.50. The number of nitrogens with two attached hydrogens (primary N) is 1. The first kappa shape index (κ1) is 12.4. The Morgan fingerprint density at radius 3 is 2.75 bits per heavy atom. The van der Waals surface area contributed by atoms with Crippen LogP contribution in [-0.2, 0) is 0 Å². The van der Waals surface area contributed by atoms with Gasteiger partial charge in [-0.25, -0.2) is 9.97 Å². The summed E-state index contributed by atoms with van der Waals surface area (Å²) in [4.78, 5) is 18.6. The summed E-state index contributed by atoms with van der Waals surface area (Å²) in [6.07, 6.45) is 0. The van der Waals surface area contributed by atoms with Crippen LogP contribution >= 0.6 is 11.8 Å². The number of rotatable bonds is 3. The molecular weight excluding hydrogens is 280 g/mol. The van der Waals surface area contributed by atoms with E-state index in [9.17, 15) is 10.1 Å². The molecule has 0 radical (unpaired) electrons. The number of para-hydroxylation sites is 2. The normalized spacial score (nSPS) is 10.8. The number of hydrogen-bond donors (Lipinski definition) is 1. The first-order valence-corrected chi connectivity index (χ1v) is 6.39. The van der Waals surface area contributed by atoms with Crippen molar-refractivity contribution in [2.75, 3.05) is 5.73 Å². The minimum Gasteiger partial charge on any atom is -0.431 e. The third kappa shape index (κ3) is 2.28. The molecule has 0 saturated heterocycles. The van der Waals surface area contributed by atoms with Gasteiger partial charge in [0.05, 0.1) is 4.92 Å². The van der Waals surface area contributed by atoms with Gasteiger partial charge in [-0.1, -0.05) is 12.1 Å². The van der Waals surface area contributed by atoms with E-state index in [2.05, 4.69) is 9.97 Å². The van der Waals surface area contributed by atoms with Crippen molar-refractivity contribution in [3.05, 3.63) is 46.5 Å². The van der Waals surface area contributed by atoms with E-state index < -0.39 is 4.92 Å². The van der Waals surface area contributed by atoms with Gasteiger partial charge >= 0.3 is 5.69 Å². The lowest BCUT2D eigenvalue weighted by Crippen LogP contribution is -1.97. The van der Waals surface area contributed by atoms with E-state index in [0.29, 0.717) is 11.1 Å². The summed E-state index contributed by atoms with van der Waals surface area (Å²) in [5, 5.41) is 11.4. The van der Waals surface area contributed by atoms with Crippen LogP contribution in [0.25, 0.3) is 11.1 Å². The van der Waals surface area contributed by atoms with Gasteiger partial charge in [-0.05, 0) is 30.0 Å². The Morgan fingerprint density at radius 2 is 2.00 bits per heavy atom. The lowest BCUT2D eigenvalue weighted by molar-refractivity contribution is -0.388. The standard InChI is InChI=1S/C12H8N4O3S/c13-10-6-5-8(16(17)18)11(15-10)20-12-14-7-3-1-2-4-9(7)19-12/h1-6H,(H2,13,15). The zero-order chi connectivity index (χ0) is 14.1. The van der Waals surface area contributed by atoms with Crippen molar-refractivity contribution >= 4 is 34.4 Å². The highest BCUT2D eigenvalue weighted by Gasteiger charge is 2.19. The molecule has 0 saturated carbocycles. The molecule has 0 aliphatic rings. The van der Waals surface area contributed by atoms with Gasteiger partial charge in [0.15, 0.2) is 10.6 Å². The number of aromatic nitrogens is 2. The maximum absolute atomic E-state index is 11.0. The SMILES string of the molecule is Nc1ccc([N+](=O)[O-])c(Sc2nc3ccccc3o2)n1. The molecule has 100 valence electrons. The molecule has 0 fully saturated rings. The van der Waals surface area contributed by atoms with E-state index >= 15 is 0 Å². The number of nitrogen functional groups attached to an aromatic ring is 1. The van der Waals surface area contributed by atoms with Crippen molar-refractivity contribution in [3.8, 4) is 0 Å². The molecule has 8 heteroatoms. The third-order valence-corrected chi connectivity index (χ3v) is 3.36. The van der Waals surface area contributed by atoms with Crippen molar-refractivity contribution in [2.24, 2.45) is 0 Å². The average molecular weight is 288 g/mol. The predicted molar refractivity (Wildman–Crippen MR) is 73.4 cm³/mol. The smallest absolute Gasteiger partial charge is 0.302 e. The summed E-state index contributed by atoms with van der Waals surface area (Å²) in [5.41, 5.74) is 6.72. The molecule has 2 heterocycles. The molecule has 7 nitrogen and oxygen atoms in total. The second-order valence-electron chi connectivity index (χ2n) is 3.87. The number of pyridine rings is 1. The maximum atomic E-state index is 11.0. The van der Waals surface area contributed by atoms with E-state index in [1.165, 1.54) is 12.1 Å². The molecule has 2 N–H and O–H groups in total. The molecule has 1 aromatic carbocycles. The van der Waals surface area contributed by atoms with Gasteiger partial charge in [0.1, 0.15) is 11.3 Å². The van der Waals surface area contributed by atoms with E-state index in [4.69, 9.17) is 10.2 Å². The average Bonchev–Trinajstić information content (AvgIpc) is 2.80. The van der Waals surface area contributed by atoms with Crippen LogP contribution in [-0.4, -0.2) is 14.9 Å². The van der Waals surface area contributed by atoms with Crippen molar-refractivity contribution in [3.63, 3.8) is 0 Å². The van der Waals surface area contributed by atoms with Crippen LogP contribution in [0.2, 0.25) is 0 Å². The molecule has 0 aliphatic carbocycles. The second-order valence-corrected chi connectivity index (χ2v) is 4.81. The maximum Gasteiger partial charge on any atom is 0.302 e. The highest BCUT2D eigenvalue weighted by molar-refractivity contribution is 7.99. The Bertz CT molecular complexity index is 769. The summed E-state index contributed by atoms with van der Waals surface area (Å²) in [5.74, 6) is 0.203. The van der Waals surface area contributed by atoms with Gasteiger partial charge in [0, 0.05) is 6.07 Å². The number of fused-ring (bicyclic) bond motifs is 1. The monoisotopic (exact) mass is 288 g/mol. The number of anilines is 1. The molecule has 3 aromatic rings. The van der Waals surface area contributed by atoms with Crippen LogP contribution in [0.3, 0.4) is 0 Å². The number of benzene rings is 1. The van der Waals surface area contributed by atoms with Gasteiger partial charge in [0.2, 0.25) is 0 Å². The zero-order valence-electron chi connectivity index (χ0n) is 10.0. The summed E-state index contributed by atoms with van der Waals surface area (Å²) in [7, 11) is 0. The molecule has 0 unspecified atom stereocenters. The van der Waals surface area contributed by atoms with Crippen molar-refractivity contribution < 1.29 is 9.34 Å². The summed E-state index contributed by atoms with van der Waals surface area (Å²) >= 11 is 0.972. The van der Waals surface area contributed by atoms with E-state index in [1.54, 1.807) is 12.1 Å². The van der Waals surface area contributed by atoms with E-state index in [0.717, 1.165) is 11.8 Å². The number of nitro groups is 1. The Labute approximate surface area is 117 Å². The first-order chi connectivity index (χ1) is 9.63. The van der Waals surface area contributed by atoms with Gasteiger partial charge in [-0.3, -0.25) is 10.1 Å². The largest absolute Gasteiger partial charge is 0.431 e. The molecule has 0 aliphatic heterocycles. The van der Waals surface area contributed by atoms with Crippen molar-refractivity contribution in [1.29, 1.82) is 0 Å². The number of oxazole rings is 1. The predicted octanol–water partition coefficient (Wildman–Crippen LogP) is 2.86. The van der Waals surface area contributed by atoms with Crippen LogP contribution in [0.15, 0.2) is 51.1 Å². The van der Waals surface area contributed by atoms with Crippen molar-refractivity contribution in [2.45, 2.75) is 10.2 Å². The quantitative estimate of drug-likeness (QED) is 0.583. The summed E-state index contributed by atoms with van der Waals surface area (Å²) in [6.45, 7) is 0. The lowest BCUT2D eigenvalue weighted by Gasteiger charge is -1.99. The second kappa shape index (κ2) is 4.82. The highest BCUT2D eigenvalue weighted by Crippen LogP contribution is 2.34. The van der Waals surface area contributed by atoms with E-state index in [-0.39, 0.29) is 21.8 Å². The third-order valence-electron chi connectivity index (χ3n) is 2.52. The van der Waals surface area contributed by atoms with Crippen LogP contribution in [0.4, 0.5) is 11.5 Å². The molecule has 0 bridgehead atoms. The fourth-order valence-electron chi connectivity index (χ4n) is 1.64. The minimum absolute atomic E-state index is 0.133. The summed E-state index contributed by atoms with van der Waals surface area (Å²) in [6, 6.07) is 9.92. The topological polar surface area (TPSA) is 108 Å². The first-order valence-electron chi connectivity index (χ1n) is 5.58. The van der Waals surface area contributed by atoms with Gasteiger partial charge in [-0.2, -0.15) is 0 Å². The zero-order valence-corrected chi connectivity index (χ0v) is 10.8. The van der Waals surface area contributed by atoms with Crippen LogP contribution in [0, 0.1) is 10.1 Å². The van der Waals surface area contributed by atoms with E-state index in [1.807, 2.05) is 12.1 Å².